The first-order valence-electron chi connectivity index (χ1n) is 9.06. The van der Waals surface area contributed by atoms with Crippen LogP contribution in [0.5, 0.6) is 5.75 Å². The Morgan fingerprint density at radius 1 is 1.26 bits per heavy atom. The van der Waals surface area contributed by atoms with Gasteiger partial charge in [-0.05, 0) is 24.5 Å². The van der Waals surface area contributed by atoms with Crippen molar-refractivity contribution in [3.05, 3.63) is 24.3 Å². The zero-order valence-corrected chi connectivity index (χ0v) is 16.9. The largest absolute Gasteiger partial charge is 0.497 e. The molecular formula is C19H26N4O3S. The number of amides is 2. The lowest BCUT2D eigenvalue weighted by molar-refractivity contribution is -0.127. The number of carbonyl (C=O) groups excluding carboxylic acids is 2. The number of ether oxygens (including phenoxy) is 1. The highest BCUT2D eigenvalue weighted by molar-refractivity contribution is 7.18. The minimum absolute atomic E-state index is 0.0107. The fourth-order valence-corrected chi connectivity index (χ4v) is 3.25. The van der Waals surface area contributed by atoms with E-state index >= 15 is 0 Å². The Morgan fingerprint density at radius 2 is 2.04 bits per heavy atom. The number of anilines is 1. The Kier molecular flexibility index (Phi) is 7.72. The molecule has 2 N–H and O–H groups in total. The summed E-state index contributed by atoms with van der Waals surface area (Å²) in [6, 6.07) is 6.89. The second-order valence-corrected chi connectivity index (χ2v) is 7.29. The molecule has 2 atom stereocenters. The predicted octanol–water partition coefficient (Wildman–Crippen LogP) is 3.48. The second-order valence-electron chi connectivity index (χ2n) is 6.31. The van der Waals surface area contributed by atoms with Crippen LogP contribution in [-0.2, 0) is 9.59 Å². The molecule has 7 nitrogen and oxygen atoms in total. The van der Waals surface area contributed by atoms with Gasteiger partial charge in [-0.2, -0.15) is 0 Å². The Balaban J connectivity index is 2.11. The van der Waals surface area contributed by atoms with E-state index in [-0.39, 0.29) is 17.7 Å². The molecule has 2 unspecified atom stereocenters. The summed E-state index contributed by atoms with van der Waals surface area (Å²) in [4.78, 5) is 24.6. The molecule has 0 saturated heterocycles. The van der Waals surface area contributed by atoms with E-state index < -0.39 is 6.04 Å². The van der Waals surface area contributed by atoms with E-state index in [0.29, 0.717) is 16.6 Å². The maximum atomic E-state index is 12.7. The fraction of sp³-hybridized carbons (Fsp3) is 0.474. The minimum atomic E-state index is -0.599. The van der Waals surface area contributed by atoms with Crippen molar-refractivity contribution in [3.63, 3.8) is 0 Å². The number of carbonyl (C=O) groups is 2. The monoisotopic (exact) mass is 390 g/mol. The Labute approximate surface area is 163 Å². The van der Waals surface area contributed by atoms with E-state index in [1.54, 1.807) is 7.11 Å². The van der Waals surface area contributed by atoms with Crippen molar-refractivity contribution in [3.8, 4) is 16.3 Å². The molecule has 27 heavy (non-hydrogen) atoms. The average Bonchev–Trinajstić information content (AvgIpc) is 3.14. The van der Waals surface area contributed by atoms with Gasteiger partial charge in [0.2, 0.25) is 16.9 Å². The zero-order chi connectivity index (χ0) is 19.8. The topological polar surface area (TPSA) is 93.2 Å². The number of benzene rings is 1. The lowest BCUT2D eigenvalue weighted by atomic mass is 9.98. The van der Waals surface area contributed by atoms with Crippen LogP contribution in [0.3, 0.4) is 0 Å². The van der Waals surface area contributed by atoms with Crippen molar-refractivity contribution in [2.24, 2.45) is 5.92 Å². The van der Waals surface area contributed by atoms with E-state index in [0.717, 1.165) is 24.2 Å². The normalized spacial score (nSPS) is 12.9. The fourth-order valence-electron chi connectivity index (χ4n) is 2.50. The number of nitrogens with zero attached hydrogens (tertiary/aromatic N) is 2. The first kappa shape index (κ1) is 20.8. The first-order valence-corrected chi connectivity index (χ1v) is 9.88. The van der Waals surface area contributed by atoms with Gasteiger partial charge in [0.15, 0.2) is 0 Å². The lowest BCUT2D eigenvalue weighted by Gasteiger charge is -2.22. The molecule has 0 saturated carbocycles. The van der Waals surface area contributed by atoms with Gasteiger partial charge in [0, 0.05) is 12.0 Å². The number of rotatable bonds is 9. The molecule has 0 aliphatic carbocycles. The summed E-state index contributed by atoms with van der Waals surface area (Å²) in [7, 11) is 1.60. The first-order chi connectivity index (χ1) is 13.0. The lowest BCUT2D eigenvalue weighted by Crippen LogP contribution is -2.47. The molecule has 1 heterocycles. The molecule has 146 valence electrons. The molecule has 1 aromatic carbocycles. The zero-order valence-electron chi connectivity index (χ0n) is 16.1. The maximum Gasteiger partial charge on any atom is 0.249 e. The molecule has 0 fully saturated rings. The number of nitrogens with one attached hydrogen (secondary N) is 2. The standard InChI is InChI=1S/C19H26N4O3S/c1-5-8-15(24)20-16(12(3)6-2)17(25)21-19-23-22-18(27-19)13-9-7-10-14(11-13)26-4/h7,9-12,16H,5-6,8H2,1-4H3,(H,20,24)(H,21,23,25). The van der Waals surface area contributed by atoms with Gasteiger partial charge in [0.25, 0.3) is 0 Å². The van der Waals surface area contributed by atoms with Crippen molar-refractivity contribution in [1.29, 1.82) is 0 Å². The van der Waals surface area contributed by atoms with Crippen molar-refractivity contribution >= 4 is 28.3 Å². The van der Waals surface area contributed by atoms with Crippen molar-refractivity contribution in [1.82, 2.24) is 15.5 Å². The molecule has 0 bridgehead atoms. The molecule has 0 radical (unpaired) electrons. The molecule has 0 aliphatic rings. The third-order valence-corrected chi connectivity index (χ3v) is 5.15. The molecule has 1 aromatic heterocycles. The summed E-state index contributed by atoms with van der Waals surface area (Å²) in [5, 5.41) is 14.9. The van der Waals surface area contributed by atoms with E-state index in [9.17, 15) is 9.59 Å². The maximum absolute atomic E-state index is 12.7. The van der Waals surface area contributed by atoms with Crippen LogP contribution in [0.4, 0.5) is 5.13 Å². The van der Waals surface area contributed by atoms with Gasteiger partial charge in [0.05, 0.1) is 7.11 Å². The highest BCUT2D eigenvalue weighted by Gasteiger charge is 2.26. The van der Waals surface area contributed by atoms with Gasteiger partial charge in [-0.25, -0.2) is 0 Å². The summed E-state index contributed by atoms with van der Waals surface area (Å²) >= 11 is 1.28. The molecule has 8 heteroatoms. The quantitative estimate of drug-likeness (QED) is 0.684. The smallest absolute Gasteiger partial charge is 0.249 e. The second kappa shape index (κ2) is 10.0. The van der Waals surface area contributed by atoms with Gasteiger partial charge in [-0.1, -0.05) is 50.7 Å². The van der Waals surface area contributed by atoms with Crippen LogP contribution in [0.25, 0.3) is 10.6 Å². The molecule has 2 rings (SSSR count). The summed E-state index contributed by atoms with van der Waals surface area (Å²) in [6.07, 6.45) is 1.91. The molecule has 0 spiro atoms. The van der Waals surface area contributed by atoms with Gasteiger partial charge in [-0.15, -0.1) is 10.2 Å². The summed E-state index contributed by atoms with van der Waals surface area (Å²) in [5.74, 6) is 0.342. The van der Waals surface area contributed by atoms with Crippen LogP contribution in [0.15, 0.2) is 24.3 Å². The van der Waals surface area contributed by atoms with Crippen LogP contribution in [0.2, 0.25) is 0 Å². The molecule has 0 aliphatic heterocycles. The number of hydrogen-bond acceptors (Lipinski definition) is 6. The van der Waals surface area contributed by atoms with Gasteiger partial charge in [-0.3, -0.25) is 14.9 Å². The summed E-state index contributed by atoms with van der Waals surface area (Å²) < 4.78 is 5.22. The third kappa shape index (κ3) is 5.75. The molecule has 2 aromatic rings. The third-order valence-electron chi connectivity index (χ3n) is 4.26. The highest BCUT2D eigenvalue weighted by atomic mass is 32.1. The minimum Gasteiger partial charge on any atom is -0.497 e. The van der Waals surface area contributed by atoms with Crippen molar-refractivity contribution in [2.75, 3.05) is 12.4 Å². The van der Waals surface area contributed by atoms with Gasteiger partial charge >= 0.3 is 0 Å². The van der Waals surface area contributed by atoms with Crippen molar-refractivity contribution in [2.45, 2.75) is 46.1 Å². The Bertz CT molecular complexity index is 778. The van der Waals surface area contributed by atoms with E-state index in [2.05, 4.69) is 20.8 Å². The SMILES string of the molecule is CCCC(=O)NC(C(=O)Nc1nnc(-c2cccc(OC)c2)s1)C(C)CC. The Morgan fingerprint density at radius 3 is 2.70 bits per heavy atom. The molecular weight excluding hydrogens is 364 g/mol. The average molecular weight is 391 g/mol. The highest BCUT2D eigenvalue weighted by Crippen LogP contribution is 2.29. The Hall–Kier alpha value is -2.48. The molecule has 2 amide bonds. The van der Waals surface area contributed by atoms with Gasteiger partial charge in [0.1, 0.15) is 16.8 Å². The van der Waals surface area contributed by atoms with Gasteiger partial charge < -0.3 is 10.1 Å². The van der Waals surface area contributed by atoms with Crippen LogP contribution in [-0.4, -0.2) is 35.2 Å². The van der Waals surface area contributed by atoms with Crippen LogP contribution in [0.1, 0.15) is 40.0 Å². The van der Waals surface area contributed by atoms with Crippen LogP contribution >= 0.6 is 11.3 Å². The van der Waals surface area contributed by atoms with E-state index in [4.69, 9.17) is 4.74 Å². The summed E-state index contributed by atoms with van der Waals surface area (Å²) in [6.45, 7) is 5.86. The van der Waals surface area contributed by atoms with Crippen LogP contribution < -0.4 is 15.4 Å². The summed E-state index contributed by atoms with van der Waals surface area (Å²) in [5.41, 5.74) is 0.863. The number of methoxy groups -OCH3 is 1. The number of hydrogen-bond donors (Lipinski definition) is 2. The van der Waals surface area contributed by atoms with E-state index in [1.165, 1.54) is 11.3 Å². The number of aromatic nitrogens is 2. The van der Waals surface area contributed by atoms with E-state index in [1.807, 2.05) is 45.0 Å². The van der Waals surface area contributed by atoms with Crippen LogP contribution in [0, 0.1) is 5.92 Å². The van der Waals surface area contributed by atoms with Crippen molar-refractivity contribution < 1.29 is 14.3 Å². The predicted molar refractivity (Wildman–Crippen MR) is 107 cm³/mol.